The summed E-state index contributed by atoms with van der Waals surface area (Å²) in [6, 6.07) is 9.05. The van der Waals surface area contributed by atoms with Gasteiger partial charge in [-0.15, -0.1) is 0 Å². The van der Waals surface area contributed by atoms with Gasteiger partial charge in [0.15, 0.2) is 0 Å². The normalized spacial score (nSPS) is 19.3. The van der Waals surface area contributed by atoms with E-state index in [1.807, 2.05) is 23.1 Å². The summed E-state index contributed by atoms with van der Waals surface area (Å²) in [7, 11) is 0. The van der Waals surface area contributed by atoms with Crippen LogP contribution in [0, 0.1) is 0 Å². The van der Waals surface area contributed by atoms with E-state index >= 15 is 0 Å². The molecular weight excluding hydrogens is 433 g/mol. The highest BCUT2D eigenvalue weighted by Gasteiger charge is 2.45. The third-order valence-electron chi connectivity index (χ3n) is 5.81. The highest BCUT2D eigenvalue weighted by atomic mass is 35.5. The van der Waals surface area contributed by atoms with Gasteiger partial charge in [-0.3, -0.25) is 4.79 Å². The summed E-state index contributed by atoms with van der Waals surface area (Å²) < 4.78 is 5.56. The molecule has 8 heteroatoms. The molecule has 4 rings (SSSR count). The quantitative estimate of drug-likeness (QED) is 0.688. The van der Waals surface area contributed by atoms with Gasteiger partial charge < -0.3 is 14.5 Å². The smallest absolute Gasteiger partial charge is 0.233 e. The van der Waals surface area contributed by atoms with Gasteiger partial charge >= 0.3 is 0 Å². The van der Waals surface area contributed by atoms with Crippen LogP contribution < -0.4 is 4.90 Å². The average Bonchev–Trinajstić information content (AvgIpc) is 2.74. The number of amides is 1. The van der Waals surface area contributed by atoms with Crippen LogP contribution in [0.3, 0.4) is 0 Å². The molecule has 0 spiro atoms. The van der Waals surface area contributed by atoms with Crippen molar-refractivity contribution in [1.29, 1.82) is 0 Å². The lowest BCUT2D eigenvalue weighted by molar-refractivity contribution is -0.141. The zero-order valence-corrected chi connectivity index (χ0v) is 18.2. The predicted octanol–water partition coefficient (Wildman–Crippen LogP) is 4.44. The minimum Gasteiger partial charge on any atom is -0.381 e. The molecule has 0 saturated carbocycles. The molecular formula is C21H22Cl3N3O2. The van der Waals surface area contributed by atoms with Crippen molar-refractivity contribution in [3.05, 3.63) is 57.2 Å². The van der Waals surface area contributed by atoms with Gasteiger partial charge in [-0.1, -0.05) is 40.9 Å². The molecule has 2 aromatic rings. The number of piperazine rings is 1. The minimum absolute atomic E-state index is 0.108. The van der Waals surface area contributed by atoms with E-state index < -0.39 is 5.41 Å². The molecule has 29 heavy (non-hydrogen) atoms. The lowest BCUT2D eigenvalue weighted by atomic mass is 9.72. The number of benzene rings is 1. The first kappa shape index (κ1) is 20.7. The number of ether oxygens (including phenoxy) is 1. The molecule has 2 aliphatic rings. The van der Waals surface area contributed by atoms with E-state index in [1.165, 1.54) is 0 Å². The van der Waals surface area contributed by atoms with Crippen molar-refractivity contribution in [1.82, 2.24) is 9.88 Å². The second-order valence-electron chi connectivity index (χ2n) is 7.41. The minimum atomic E-state index is -0.676. The van der Waals surface area contributed by atoms with Gasteiger partial charge in [-0.2, -0.15) is 0 Å². The van der Waals surface area contributed by atoms with E-state index in [9.17, 15) is 4.79 Å². The Kier molecular flexibility index (Phi) is 6.21. The molecule has 0 atom stereocenters. The fourth-order valence-electron chi connectivity index (χ4n) is 4.23. The van der Waals surface area contributed by atoms with E-state index in [4.69, 9.17) is 39.5 Å². The van der Waals surface area contributed by atoms with Gasteiger partial charge in [-0.25, -0.2) is 4.98 Å². The van der Waals surface area contributed by atoms with E-state index in [0.29, 0.717) is 67.3 Å². The first-order chi connectivity index (χ1) is 14.0. The first-order valence-corrected chi connectivity index (χ1v) is 10.8. The number of carbonyl (C=O) groups excluding carboxylic acids is 1. The Hall–Kier alpha value is -1.53. The molecule has 154 valence electrons. The van der Waals surface area contributed by atoms with Crippen molar-refractivity contribution in [3.8, 4) is 0 Å². The van der Waals surface area contributed by atoms with Crippen LogP contribution >= 0.6 is 34.8 Å². The Morgan fingerprint density at radius 2 is 1.72 bits per heavy atom. The number of aromatic nitrogens is 1. The predicted molar refractivity (Wildman–Crippen MR) is 116 cm³/mol. The zero-order valence-electron chi connectivity index (χ0n) is 15.9. The number of rotatable bonds is 3. The van der Waals surface area contributed by atoms with Gasteiger partial charge in [0.2, 0.25) is 5.91 Å². The Morgan fingerprint density at radius 3 is 2.38 bits per heavy atom. The number of halogens is 3. The topological polar surface area (TPSA) is 45.7 Å². The van der Waals surface area contributed by atoms with Crippen molar-refractivity contribution in [2.24, 2.45) is 0 Å². The second-order valence-corrected chi connectivity index (χ2v) is 8.66. The lowest BCUT2D eigenvalue weighted by Crippen LogP contribution is -2.56. The van der Waals surface area contributed by atoms with Crippen LogP contribution in [0.2, 0.25) is 15.1 Å². The number of carbonyl (C=O) groups is 1. The number of nitrogens with zero attached hydrogens (tertiary/aromatic N) is 3. The van der Waals surface area contributed by atoms with Crippen LogP contribution in [0.4, 0.5) is 5.82 Å². The molecule has 1 amide bonds. The third kappa shape index (κ3) is 4.06. The number of hydrogen-bond acceptors (Lipinski definition) is 4. The van der Waals surface area contributed by atoms with Gasteiger partial charge in [0, 0.05) is 55.6 Å². The summed E-state index contributed by atoms with van der Waals surface area (Å²) in [5, 5.41) is 1.72. The monoisotopic (exact) mass is 453 g/mol. The average molecular weight is 455 g/mol. The van der Waals surface area contributed by atoms with Crippen LogP contribution in [-0.2, 0) is 14.9 Å². The second kappa shape index (κ2) is 8.68. The maximum Gasteiger partial charge on any atom is 0.233 e. The van der Waals surface area contributed by atoms with Gasteiger partial charge in [0.25, 0.3) is 0 Å². The zero-order chi connectivity index (χ0) is 20.4. The molecule has 1 aromatic heterocycles. The SMILES string of the molecule is O=C(N1CCN(c2ncccc2Cl)CC1)C1(c2ccc(Cl)cc2Cl)CCOCC1. The Balaban J connectivity index is 1.56. The van der Waals surface area contributed by atoms with Crippen molar-refractivity contribution in [2.45, 2.75) is 18.3 Å². The van der Waals surface area contributed by atoms with Crippen LogP contribution in [-0.4, -0.2) is 55.2 Å². The molecule has 0 bridgehead atoms. The van der Waals surface area contributed by atoms with Crippen molar-refractivity contribution in [3.63, 3.8) is 0 Å². The molecule has 0 N–H and O–H groups in total. The van der Waals surface area contributed by atoms with Crippen molar-refractivity contribution >= 4 is 46.5 Å². The summed E-state index contributed by atoms with van der Waals surface area (Å²) in [5.74, 6) is 0.875. The van der Waals surface area contributed by atoms with Crippen molar-refractivity contribution < 1.29 is 9.53 Å². The van der Waals surface area contributed by atoms with Gasteiger partial charge in [0.1, 0.15) is 5.82 Å². The summed E-state index contributed by atoms with van der Waals surface area (Å²) in [6.07, 6.45) is 2.96. The van der Waals surface area contributed by atoms with Crippen LogP contribution in [0.25, 0.3) is 0 Å². The van der Waals surface area contributed by atoms with Gasteiger partial charge in [0.05, 0.1) is 10.4 Å². The maximum absolute atomic E-state index is 13.7. The molecule has 5 nitrogen and oxygen atoms in total. The van der Waals surface area contributed by atoms with E-state index in [2.05, 4.69) is 9.88 Å². The standard InChI is InChI=1S/C21H22Cl3N3O2/c22-15-3-4-16(18(24)14-15)21(5-12-29-13-6-21)20(28)27-10-8-26(9-11-27)19-17(23)2-1-7-25-19/h1-4,7,14H,5-6,8-13H2. The van der Waals surface area contributed by atoms with Crippen molar-refractivity contribution in [2.75, 3.05) is 44.3 Å². The summed E-state index contributed by atoms with van der Waals surface area (Å²) in [5.41, 5.74) is 0.164. The van der Waals surface area contributed by atoms with Crippen LogP contribution in [0.1, 0.15) is 18.4 Å². The van der Waals surface area contributed by atoms with Crippen LogP contribution in [0.15, 0.2) is 36.5 Å². The number of hydrogen-bond donors (Lipinski definition) is 0. The fraction of sp³-hybridized carbons (Fsp3) is 0.429. The summed E-state index contributed by atoms with van der Waals surface area (Å²) in [4.78, 5) is 22.2. The molecule has 2 saturated heterocycles. The summed E-state index contributed by atoms with van der Waals surface area (Å²) >= 11 is 18.9. The third-order valence-corrected chi connectivity index (χ3v) is 6.65. The number of pyridine rings is 1. The molecule has 0 unspecified atom stereocenters. The van der Waals surface area contributed by atoms with E-state index in [-0.39, 0.29) is 5.91 Å². The molecule has 1 aromatic carbocycles. The van der Waals surface area contributed by atoms with E-state index in [0.717, 1.165) is 11.4 Å². The van der Waals surface area contributed by atoms with E-state index in [1.54, 1.807) is 18.3 Å². The van der Waals surface area contributed by atoms with Gasteiger partial charge in [-0.05, 0) is 42.7 Å². The summed E-state index contributed by atoms with van der Waals surface area (Å²) in [6.45, 7) is 3.66. The Morgan fingerprint density at radius 1 is 1.00 bits per heavy atom. The largest absolute Gasteiger partial charge is 0.381 e. The molecule has 2 fully saturated rings. The highest BCUT2D eigenvalue weighted by Crippen LogP contribution is 2.41. The number of anilines is 1. The molecule has 3 heterocycles. The van der Waals surface area contributed by atoms with Crippen LogP contribution in [0.5, 0.6) is 0 Å². The first-order valence-electron chi connectivity index (χ1n) is 9.69. The Bertz CT molecular complexity index is 894. The molecule has 2 aliphatic heterocycles. The lowest BCUT2D eigenvalue weighted by Gasteiger charge is -2.43. The highest BCUT2D eigenvalue weighted by molar-refractivity contribution is 6.35. The fourth-order valence-corrected chi connectivity index (χ4v) is 5.06. The molecule has 0 radical (unpaired) electrons. The Labute approximate surface area is 185 Å². The maximum atomic E-state index is 13.7. The molecule has 0 aliphatic carbocycles.